The van der Waals surface area contributed by atoms with Gasteiger partial charge in [0, 0.05) is 23.1 Å². The standard InChI is InChI=1S/C8H3Cl2NO2.C8H7Cl2N.CH4/c9-3-1-2-4(10)6-5(3)7(12)11-8(6)13;9-7-1-2-8(10)6-4-11-3-5(6)7;/h1-2H,(H,11,12,13);1-2,11H,3-4H2;1H4. The minimum Gasteiger partial charge on any atom is -0.308 e. The van der Waals surface area contributed by atoms with Crippen LogP contribution in [0.3, 0.4) is 0 Å². The molecule has 0 fully saturated rings. The van der Waals surface area contributed by atoms with Crippen LogP contribution in [-0.4, -0.2) is 11.8 Å². The van der Waals surface area contributed by atoms with Crippen molar-refractivity contribution in [3.05, 3.63) is 66.6 Å². The Labute approximate surface area is 165 Å². The first-order valence-electron chi connectivity index (χ1n) is 6.90. The quantitative estimate of drug-likeness (QED) is 0.583. The summed E-state index contributed by atoms with van der Waals surface area (Å²) in [6, 6.07) is 6.66. The van der Waals surface area contributed by atoms with E-state index in [0.29, 0.717) is 0 Å². The molecule has 8 heteroatoms. The summed E-state index contributed by atoms with van der Waals surface area (Å²) in [7, 11) is 0. The molecule has 0 saturated heterocycles. The third kappa shape index (κ3) is 3.78. The van der Waals surface area contributed by atoms with Crippen LogP contribution in [0.15, 0.2) is 24.3 Å². The summed E-state index contributed by atoms with van der Waals surface area (Å²) in [4.78, 5) is 22.3. The minimum atomic E-state index is -0.493. The zero-order valence-corrected chi connectivity index (χ0v) is 15.1. The fourth-order valence-corrected chi connectivity index (χ4v) is 3.53. The van der Waals surface area contributed by atoms with Gasteiger partial charge in [-0.2, -0.15) is 0 Å². The molecule has 0 radical (unpaired) electrons. The molecule has 2 aliphatic rings. The number of fused-ring (bicyclic) bond motifs is 2. The lowest BCUT2D eigenvalue weighted by Gasteiger charge is -2.01. The molecule has 2 amide bonds. The van der Waals surface area contributed by atoms with E-state index in [9.17, 15) is 9.59 Å². The van der Waals surface area contributed by atoms with Crippen LogP contribution in [0.5, 0.6) is 0 Å². The second kappa shape index (κ2) is 7.94. The highest BCUT2D eigenvalue weighted by Crippen LogP contribution is 2.30. The van der Waals surface area contributed by atoms with Crippen LogP contribution in [0, 0.1) is 0 Å². The Morgan fingerprint density at radius 3 is 1.44 bits per heavy atom. The summed E-state index contributed by atoms with van der Waals surface area (Å²) in [5.74, 6) is -0.986. The van der Waals surface area contributed by atoms with E-state index in [0.717, 1.165) is 34.3 Å². The average molecular weight is 420 g/mol. The van der Waals surface area contributed by atoms with Gasteiger partial charge in [0.2, 0.25) is 0 Å². The molecule has 25 heavy (non-hydrogen) atoms. The molecule has 4 rings (SSSR count). The zero-order chi connectivity index (χ0) is 17.4. The number of hydrogen-bond donors (Lipinski definition) is 2. The van der Waals surface area contributed by atoms with Crippen LogP contribution < -0.4 is 10.6 Å². The molecule has 2 aliphatic heterocycles. The molecular weight excluding hydrogens is 406 g/mol. The van der Waals surface area contributed by atoms with Crippen LogP contribution in [0.2, 0.25) is 20.1 Å². The number of imide groups is 1. The van der Waals surface area contributed by atoms with Crippen LogP contribution in [0.4, 0.5) is 0 Å². The summed E-state index contributed by atoms with van der Waals surface area (Å²) < 4.78 is 0. The Balaban J connectivity index is 0.000000175. The highest BCUT2D eigenvalue weighted by atomic mass is 35.5. The van der Waals surface area contributed by atoms with Gasteiger partial charge in [0.05, 0.1) is 21.2 Å². The maximum absolute atomic E-state index is 11.2. The number of hydrogen-bond acceptors (Lipinski definition) is 3. The van der Waals surface area contributed by atoms with E-state index in [1.54, 1.807) is 0 Å². The van der Waals surface area contributed by atoms with E-state index < -0.39 is 11.8 Å². The third-order valence-electron chi connectivity index (χ3n) is 3.71. The SMILES string of the molecule is C.Clc1ccc(Cl)c2c1CNC2.O=C1NC(=O)c2c(Cl)ccc(Cl)c21. The molecule has 0 saturated carbocycles. The van der Waals surface area contributed by atoms with E-state index in [1.165, 1.54) is 12.1 Å². The fourth-order valence-electron chi connectivity index (χ4n) is 2.55. The van der Waals surface area contributed by atoms with E-state index in [2.05, 4.69) is 10.6 Å². The maximum Gasteiger partial charge on any atom is 0.260 e. The Morgan fingerprint density at radius 1 is 0.680 bits per heavy atom. The number of carbonyl (C=O) groups is 2. The number of amides is 2. The number of halogens is 4. The third-order valence-corrected chi connectivity index (χ3v) is 5.04. The van der Waals surface area contributed by atoms with Crippen molar-refractivity contribution in [2.24, 2.45) is 0 Å². The molecular formula is C17H14Cl4N2O2. The van der Waals surface area contributed by atoms with Crippen LogP contribution >= 0.6 is 46.4 Å². The van der Waals surface area contributed by atoms with Crippen LogP contribution in [0.1, 0.15) is 39.3 Å². The molecule has 0 bridgehead atoms. The van der Waals surface area contributed by atoms with Crippen molar-refractivity contribution >= 4 is 58.2 Å². The lowest BCUT2D eigenvalue weighted by Crippen LogP contribution is -2.20. The first-order chi connectivity index (χ1) is 11.4. The summed E-state index contributed by atoms with van der Waals surface area (Å²) in [5, 5.41) is 7.42. The van der Waals surface area contributed by atoms with Crippen molar-refractivity contribution < 1.29 is 9.59 Å². The average Bonchev–Trinajstić information content (AvgIpc) is 3.14. The van der Waals surface area contributed by atoms with Gasteiger partial charge in [-0.25, -0.2) is 0 Å². The second-order valence-electron chi connectivity index (χ2n) is 5.15. The summed E-state index contributed by atoms with van der Waals surface area (Å²) >= 11 is 23.3. The van der Waals surface area contributed by atoms with Gasteiger partial charge in [-0.05, 0) is 35.4 Å². The van der Waals surface area contributed by atoms with Gasteiger partial charge in [0.15, 0.2) is 0 Å². The zero-order valence-electron chi connectivity index (χ0n) is 12.1. The van der Waals surface area contributed by atoms with Crippen LogP contribution in [-0.2, 0) is 13.1 Å². The maximum atomic E-state index is 11.2. The largest absolute Gasteiger partial charge is 0.308 e. The van der Waals surface area contributed by atoms with Gasteiger partial charge < -0.3 is 5.32 Å². The first kappa shape index (κ1) is 20.0. The number of benzene rings is 2. The Bertz CT molecular complexity index is 800. The summed E-state index contributed by atoms with van der Waals surface area (Å²) in [5.41, 5.74) is 2.64. The molecule has 2 aromatic carbocycles. The number of nitrogens with one attached hydrogen (secondary N) is 2. The normalized spacial score (nSPS) is 14.1. The Kier molecular flexibility index (Phi) is 6.35. The van der Waals surface area contributed by atoms with E-state index in [1.807, 2.05) is 12.1 Å². The predicted octanol–water partition coefficient (Wildman–Crippen LogP) is 5.11. The molecule has 0 aliphatic carbocycles. The smallest absolute Gasteiger partial charge is 0.260 e. The monoisotopic (exact) mass is 418 g/mol. The van der Waals surface area contributed by atoms with Gasteiger partial charge in [0.25, 0.3) is 11.8 Å². The molecule has 2 heterocycles. The second-order valence-corrected chi connectivity index (χ2v) is 6.78. The van der Waals surface area contributed by atoms with E-state index in [-0.39, 0.29) is 28.6 Å². The number of rotatable bonds is 0. The van der Waals surface area contributed by atoms with Crippen molar-refractivity contribution in [2.75, 3.05) is 0 Å². The number of carbonyl (C=O) groups excluding carboxylic acids is 2. The lowest BCUT2D eigenvalue weighted by molar-refractivity contribution is 0.0880. The van der Waals surface area contributed by atoms with Crippen LogP contribution in [0.25, 0.3) is 0 Å². The van der Waals surface area contributed by atoms with Gasteiger partial charge in [-0.1, -0.05) is 53.8 Å². The molecule has 2 aromatic rings. The first-order valence-corrected chi connectivity index (χ1v) is 8.41. The van der Waals surface area contributed by atoms with Crippen molar-refractivity contribution in [3.63, 3.8) is 0 Å². The molecule has 0 aromatic heterocycles. The predicted molar refractivity (Wildman–Crippen MR) is 102 cm³/mol. The van der Waals surface area contributed by atoms with Gasteiger partial charge in [0.1, 0.15) is 0 Å². The lowest BCUT2D eigenvalue weighted by atomic mass is 10.1. The highest BCUT2D eigenvalue weighted by molar-refractivity contribution is 6.41. The Hall–Kier alpha value is -1.30. The fraction of sp³-hybridized carbons (Fsp3) is 0.176. The van der Waals surface area contributed by atoms with Crippen molar-refractivity contribution in [1.82, 2.24) is 10.6 Å². The van der Waals surface area contributed by atoms with Gasteiger partial charge >= 0.3 is 0 Å². The minimum absolute atomic E-state index is 0. The Morgan fingerprint density at radius 2 is 1.04 bits per heavy atom. The molecule has 2 N–H and O–H groups in total. The molecule has 0 spiro atoms. The van der Waals surface area contributed by atoms with Crippen molar-refractivity contribution in [1.29, 1.82) is 0 Å². The highest BCUT2D eigenvalue weighted by Gasteiger charge is 2.31. The van der Waals surface area contributed by atoms with E-state index >= 15 is 0 Å². The molecule has 132 valence electrons. The van der Waals surface area contributed by atoms with Gasteiger partial charge in [-0.3, -0.25) is 14.9 Å². The van der Waals surface area contributed by atoms with E-state index in [4.69, 9.17) is 46.4 Å². The molecule has 0 unspecified atom stereocenters. The van der Waals surface area contributed by atoms with Gasteiger partial charge in [-0.15, -0.1) is 0 Å². The topological polar surface area (TPSA) is 58.2 Å². The summed E-state index contributed by atoms with van der Waals surface area (Å²) in [6.45, 7) is 1.68. The molecule has 4 nitrogen and oxygen atoms in total. The summed E-state index contributed by atoms with van der Waals surface area (Å²) in [6.07, 6.45) is 0. The van der Waals surface area contributed by atoms with Crippen molar-refractivity contribution in [3.8, 4) is 0 Å². The van der Waals surface area contributed by atoms with Crippen molar-refractivity contribution in [2.45, 2.75) is 20.5 Å². The molecule has 0 atom stereocenters.